The largest absolute Gasteiger partial charge is 0.330 e. The van der Waals surface area contributed by atoms with Crippen molar-refractivity contribution < 1.29 is 4.79 Å². The normalized spacial score (nSPS) is 14.8. The Labute approximate surface area is 152 Å². The van der Waals surface area contributed by atoms with Crippen molar-refractivity contribution in [3.8, 4) is 0 Å². The Bertz CT molecular complexity index is 942. The van der Waals surface area contributed by atoms with E-state index in [0.29, 0.717) is 12.2 Å². The third-order valence-electron chi connectivity index (χ3n) is 5.23. The highest BCUT2D eigenvalue weighted by atomic mass is 16.2. The van der Waals surface area contributed by atoms with Crippen molar-refractivity contribution in [3.63, 3.8) is 0 Å². The van der Waals surface area contributed by atoms with Crippen molar-refractivity contribution in [1.82, 2.24) is 24.9 Å². The number of hydrogen-bond donors (Lipinski definition) is 0. The summed E-state index contributed by atoms with van der Waals surface area (Å²) in [6.07, 6.45) is 6.01. The van der Waals surface area contributed by atoms with Crippen LogP contribution in [0.3, 0.4) is 0 Å². The van der Waals surface area contributed by atoms with E-state index in [2.05, 4.69) is 27.4 Å². The van der Waals surface area contributed by atoms with E-state index in [4.69, 9.17) is 0 Å². The molecule has 0 aliphatic heterocycles. The molecular formula is C20H23N5O. The van der Waals surface area contributed by atoms with Crippen LogP contribution in [0.1, 0.15) is 47.4 Å². The van der Waals surface area contributed by atoms with Gasteiger partial charge in [-0.1, -0.05) is 36.3 Å². The minimum Gasteiger partial charge on any atom is -0.330 e. The molecule has 26 heavy (non-hydrogen) atoms. The molecule has 0 spiro atoms. The van der Waals surface area contributed by atoms with Crippen LogP contribution in [0, 0.1) is 6.92 Å². The summed E-state index contributed by atoms with van der Waals surface area (Å²) in [7, 11) is 1.76. The van der Waals surface area contributed by atoms with Crippen LogP contribution in [0.2, 0.25) is 0 Å². The molecule has 1 amide bonds. The molecule has 2 heterocycles. The van der Waals surface area contributed by atoms with Gasteiger partial charge in [0.1, 0.15) is 5.69 Å². The number of hydrogen-bond acceptors (Lipinski definition) is 4. The molecule has 1 aliphatic carbocycles. The lowest BCUT2D eigenvalue weighted by molar-refractivity contribution is 0.0654. The number of para-hydroxylation sites is 1. The van der Waals surface area contributed by atoms with E-state index < -0.39 is 0 Å². The Morgan fingerprint density at radius 2 is 2.04 bits per heavy atom. The molecule has 0 N–H and O–H groups in total. The number of aromatic nitrogens is 4. The van der Waals surface area contributed by atoms with E-state index >= 15 is 0 Å². The Balaban J connectivity index is 1.74. The maximum Gasteiger partial charge on any atom is 0.274 e. The van der Waals surface area contributed by atoms with Crippen LogP contribution in [-0.2, 0) is 13.6 Å². The zero-order valence-corrected chi connectivity index (χ0v) is 15.2. The second-order valence-electron chi connectivity index (χ2n) is 7.05. The molecule has 0 saturated heterocycles. The highest BCUT2D eigenvalue weighted by molar-refractivity contribution is 5.93. The standard InChI is InChI=1S/C20H23N5O/c1-14-11-15(17-9-5-6-10-18(17)22-14)13-25(16-7-3-4-8-16)20(26)19-12-21-23-24(19)2/h5-6,9-12,16H,3-4,7-8,13H2,1-2H3. The van der Waals surface area contributed by atoms with Crippen molar-refractivity contribution in [2.24, 2.45) is 7.05 Å². The number of amides is 1. The van der Waals surface area contributed by atoms with Gasteiger partial charge >= 0.3 is 0 Å². The van der Waals surface area contributed by atoms with Crippen LogP contribution < -0.4 is 0 Å². The van der Waals surface area contributed by atoms with Crippen LogP contribution in [0.5, 0.6) is 0 Å². The van der Waals surface area contributed by atoms with E-state index in [1.165, 1.54) is 12.8 Å². The maximum absolute atomic E-state index is 13.2. The van der Waals surface area contributed by atoms with Gasteiger partial charge in [0.25, 0.3) is 5.91 Å². The average Bonchev–Trinajstić information content (AvgIpc) is 3.30. The summed E-state index contributed by atoms with van der Waals surface area (Å²) in [5.41, 5.74) is 3.62. The molecule has 1 aliphatic rings. The third-order valence-corrected chi connectivity index (χ3v) is 5.23. The molecule has 0 unspecified atom stereocenters. The van der Waals surface area contributed by atoms with Gasteiger partial charge in [-0.05, 0) is 37.5 Å². The van der Waals surface area contributed by atoms with Gasteiger partial charge in [0.05, 0.1) is 11.7 Å². The van der Waals surface area contributed by atoms with E-state index in [1.54, 1.807) is 17.9 Å². The average molecular weight is 349 g/mol. The van der Waals surface area contributed by atoms with Gasteiger partial charge in [-0.25, -0.2) is 4.68 Å². The lowest BCUT2D eigenvalue weighted by Crippen LogP contribution is -2.39. The van der Waals surface area contributed by atoms with Gasteiger partial charge in [0.2, 0.25) is 0 Å². The molecule has 0 radical (unpaired) electrons. The number of pyridine rings is 1. The molecule has 1 saturated carbocycles. The third kappa shape index (κ3) is 3.07. The van der Waals surface area contributed by atoms with Crippen molar-refractivity contribution in [3.05, 3.63) is 53.5 Å². The highest BCUT2D eigenvalue weighted by Crippen LogP contribution is 2.28. The van der Waals surface area contributed by atoms with Crippen LogP contribution in [0.15, 0.2) is 36.5 Å². The first kappa shape index (κ1) is 16.7. The first-order chi connectivity index (χ1) is 12.6. The molecule has 6 heteroatoms. The SMILES string of the molecule is Cc1cc(CN(C(=O)c2cnnn2C)C2CCCC2)c2ccccc2n1. The van der Waals surface area contributed by atoms with E-state index in [9.17, 15) is 4.79 Å². The van der Waals surface area contributed by atoms with Gasteiger partial charge in [0, 0.05) is 30.7 Å². The van der Waals surface area contributed by atoms with Gasteiger partial charge in [-0.3, -0.25) is 9.78 Å². The molecule has 3 aromatic rings. The Morgan fingerprint density at radius 1 is 1.27 bits per heavy atom. The number of fused-ring (bicyclic) bond motifs is 1. The summed E-state index contributed by atoms with van der Waals surface area (Å²) in [5.74, 6) is 0.00273. The fourth-order valence-corrected chi connectivity index (χ4v) is 3.92. The Morgan fingerprint density at radius 3 is 2.77 bits per heavy atom. The predicted molar refractivity (Wildman–Crippen MR) is 99.6 cm³/mol. The number of benzene rings is 1. The Kier molecular flexibility index (Phi) is 4.41. The fraction of sp³-hybridized carbons (Fsp3) is 0.400. The molecule has 2 aromatic heterocycles. The quantitative estimate of drug-likeness (QED) is 0.725. The van der Waals surface area contributed by atoms with Gasteiger partial charge in [-0.2, -0.15) is 0 Å². The molecule has 6 nitrogen and oxygen atoms in total. The first-order valence-electron chi connectivity index (χ1n) is 9.14. The maximum atomic E-state index is 13.2. The number of nitrogens with zero attached hydrogens (tertiary/aromatic N) is 5. The van der Waals surface area contributed by atoms with Crippen LogP contribution in [-0.4, -0.2) is 36.8 Å². The number of rotatable bonds is 4. The second-order valence-corrected chi connectivity index (χ2v) is 7.05. The fourth-order valence-electron chi connectivity index (χ4n) is 3.92. The predicted octanol–water partition coefficient (Wildman–Crippen LogP) is 3.26. The van der Waals surface area contributed by atoms with Gasteiger partial charge in [-0.15, -0.1) is 5.10 Å². The van der Waals surface area contributed by atoms with E-state index in [-0.39, 0.29) is 11.9 Å². The first-order valence-corrected chi connectivity index (χ1v) is 9.14. The monoisotopic (exact) mass is 349 g/mol. The summed E-state index contributed by atoms with van der Waals surface area (Å²) >= 11 is 0. The van der Waals surface area contributed by atoms with Crippen molar-refractivity contribution in [2.75, 3.05) is 0 Å². The van der Waals surface area contributed by atoms with Crippen LogP contribution >= 0.6 is 0 Å². The van der Waals surface area contributed by atoms with Crippen molar-refractivity contribution >= 4 is 16.8 Å². The number of carbonyl (C=O) groups excluding carboxylic acids is 1. The summed E-state index contributed by atoms with van der Waals surface area (Å²) in [6, 6.07) is 10.5. The zero-order chi connectivity index (χ0) is 18.1. The number of aryl methyl sites for hydroxylation is 2. The number of carbonyl (C=O) groups is 1. The molecule has 0 atom stereocenters. The summed E-state index contributed by atoms with van der Waals surface area (Å²) in [4.78, 5) is 19.9. The summed E-state index contributed by atoms with van der Waals surface area (Å²) in [5, 5.41) is 8.91. The Hall–Kier alpha value is -2.76. The lowest BCUT2D eigenvalue weighted by atomic mass is 10.1. The van der Waals surface area contributed by atoms with Gasteiger partial charge in [0.15, 0.2) is 0 Å². The summed E-state index contributed by atoms with van der Waals surface area (Å²) in [6.45, 7) is 2.58. The lowest BCUT2D eigenvalue weighted by Gasteiger charge is -2.29. The van der Waals surface area contributed by atoms with Gasteiger partial charge < -0.3 is 4.90 Å². The van der Waals surface area contributed by atoms with E-state index in [1.807, 2.05) is 30.0 Å². The van der Waals surface area contributed by atoms with E-state index in [0.717, 1.165) is 35.0 Å². The molecule has 1 fully saturated rings. The van der Waals surface area contributed by atoms with Crippen LogP contribution in [0.4, 0.5) is 0 Å². The van der Waals surface area contributed by atoms with Crippen LogP contribution in [0.25, 0.3) is 10.9 Å². The van der Waals surface area contributed by atoms with Crippen molar-refractivity contribution in [1.29, 1.82) is 0 Å². The molecule has 0 bridgehead atoms. The molecular weight excluding hydrogens is 326 g/mol. The zero-order valence-electron chi connectivity index (χ0n) is 15.2. The highest BCUT2D eigenvalue weighted by Gasteiger charge is 2.29. The second kappa shape index (κ2) is 6.86. The summed E-state index contributed by atoms with van der Waals surface area (Å²) < 4.78 is 1.56. The minimum atomic E-state index is 0.00273. The smallest absolute Gasteiger partial charge is 0.274 e. The minimum absolute atomic E-state index is 0.00273. The molecule has 4 rings (SSSR count). The topological polar surface area (TPSA) is 63.9 Å². The molecule has 134 valence electrons. The van der Waals surface area contributed by atoms with Crippen molar-refractivity contribution in [2.45, 2.75) is 45.2 Å². The molecule has 1 aromatic carbocycles.